The van der Waals surface area contributed by atoms with Crippen molar-refractivity contribution in [2.24, 2.45) is 4.99 Å². The van der Waals surface area contributed by atoms with Crippen molar-refractivity contribution >= 4 is 27.4 Å². The van der Waals surface area contributed by atoms with Gasteiger partial charge < -0.3 is 20.3 Å². The largest absolute Gasteiger partial charge is 0.386 e. The molecule has 0 aliphatic carbocycles. The minimum atomic E-state index is -0.646. The molecule has 2 aromatic carbocycles. The van der Waals surface area contributed by atoms with Gasteiger partial charge in [0.2, 0.25) is 0 Å². The van der Waals surface area contributed by atoms with Gasteiger partial charge in [-0.1, -0.05) is 24.3 Å². The third-order valence-corrected chi connectivity index (χ3v) is 5.93. The molecule has 4 aromatic rings. The number of hydrogen-bond donors (Lipinski definition) is 3. The summed E-state index contributed by atoms with van der Waals surface area (Å²) in [7, 11) is 1.66. The fraction of sp³-hybridized carbons (Fsp3) is 0.182. The summed E-state index contributed by atoms with van der Waals surface area (Å²) in [6, 6.07) is 15.1. The van der Waals surface area contributed by atoms with E-state index < -0.39 is 6.10 Å². The van der Waals surface area contributed by atoms with Gasteiger partial charge in [0.1, 0.15) is 11.9 Å². The zero-order chi connectivity index (χ0) is 20.9. The van der Waals surface area contributed by atoms with Crippen LogP contribution in [0.3, 0.4) is 0 Å². The highest BCUT2D eigenvalue weighted by Crippen LogP contribution is 2.29. The summed E-state index contributed by atoms with van der Waals surface area (Å²) in [6.45, 7) is 0.722. The fourth-order valence-electron chi connectivity index (χ4n) is 3.14. The summed E-state index contributed by atoms with van der Waals surface area (Å²) in [5.41, 5.74) is 1.23. The smallest absolute Gasteiger partial charge is 0.191 e. The SMILES string of the molecule is CN=C(NCc1ccc(-n2ccnc2)c(F)c1)NCC(O)c1cc2ccccc2s1. The molecule has 2 aromatic heterocycles. The van der Waals surface area contributed by atoms with Crippen LogP contribution in [-0.2, 0) is 6.54 Å². The summed E-state index contributed by atoms with van der Waals surface area (Å²) < 4.78 is 17.2. The molecule has 0 saturated heterocycles. The van der Waals surface area contributed by atoms with Crippen molar-refractivity contribution in [2.75, 3.05) is 13.6 Å². The molecule has 30 heavy (non-hydrogen) atoms. The van der Waals surface area contributed by atoms with E-state index in [1.54, 1.807) is 47.7 Å². The number of nitrogens with one attached hydrogen (secondary N) is 2. The Morgan fingerprint density at radius 3 is 2.83 bits per heavy atom. The molecule has 0 fully saturated rings. The molecular weight excluding hydrogens is 401 g/mol. The van der Waals surface area contributed by atoms with Crippen molar-refractivity contribution in [3.8, 4) is 5.69 Å². The van der Waals surface area contributed by atoms with E-state index in [4.69, 9.17) is 0 Å². The minimum absolute atomic E-state index is 0.320. The summed E-state index contributed by atoms with van der Waals surface area (Å²) in [5.74, 6) is 0.213. The molecule has 0 aliphatic heterocycles. The third-order valence-electron chi connectivity index (χ3n) is 4.71. The molecule has 4 rings (SSSR count). The van der Waals surface area contributed by atoms with Crippen LogP contribution in [0.2, 0.25) is 0 Å². The second-order valence-electron chi connectivity index (χ2n) is 6.76. The van der Waals surface area contributed by atoms with Crippen LogP contribution in [0.5, 0.6) is 0 Å². The topological polar surface area (TPSA) is 74.5 Å². The van der Waals surface area contributed by atoms with Crippen molar-refractivity contribution in [1.29, 1.82) is 0 Å². The lowest BCUT2D eigenvalue weighted by Crippen LogP contribution is -2.38. The normalized spacial score (nSPS) is 12.8. The fourth-order valence-corrected chi connectivity index (χ4v) is 4.19. The number of aromatic nitrogens is 2. The van der Waals surface area contributed by atoms with Gasteiger partial charge in [-0.25, -0.2) is 9.37 Å². The molecule has 154 valence electrons. The van der Waals surface area contributed by atoms with E-state index in [0.29, 0.717) is 24.7 Å². The summed E-state index contributed by atoms with van der Waals surface area (Å²) in [4.78, 5) is 9.01. The van der Waals surface area contributed by atoms with Gasteiger partial charge in [0.25, 0.3) is 0 Å². The Hall–Kier alpha value is -3.23. The number of aliphatic hydroxyl groups is 1. The second kappa shape index (κ2) is 9.06. The van der Waals surface area contributed by atoms with Gasteiger partial charge in [-0.15, -0.1) is 11.3 Å². The van der Waals surface area contributed by atoms with E-state index in [0.717, 1.165) is 20.5 Å². The molecule has 1 atom stereocenters. The molecular formula is C22H22FN5OS. The molecule has 0 spiro atoms. The Morgan fingerprint density at radius 2 is 2.10 bits per heavy atom. The van der Waals surface area contributed by atoms with Gasteiger partial charge in [-0.3, -0.25) is 4.99 Å². The number of aliphatic hydroxyl groups excluding tert-OH is 1. The monoisotopic (exact) mass is 423 g/mol. The van der Waals surface area contributed by atoms with Crippen LogP contribution < -0.4 is 10.6 Å². The number of rotatable bonds is 6. The number of thiophene rings is 1. The standard InChI is InChI=1S/C22H22FN5OS/c1-24-22(27-13-19(29)21-11-16-4-2-3-5-20(16)30-21)26-12-15-6-7-18(17(23)10-15)28-9-8-25-14-28/h2-11,14,19,29H,12-13H2,1H3,(H2,24,26,27). The predicted octanol–water partition coefficient (Wildman–Crippen LogP) is 3.62. The molecule has 1 unspecified atom stereocenters. The van der Waals surface area contributed by atoms with E-state index in [-0.39, 0.29) is 5.82 Å². The Balaban J connectivity index is 1.33. The van der Waals surface area contributed by atoms with E-state index in [1.807, 2.05) is 36.4 Å². The first-order chi connectivity index (χ1) is 14.6. The lowest BCUT2D eigenvalue weighted by atomic mass is 10.2. The van der Waals surface area contributed by atoms with E-state index >= 15 is 0 Å². The number of hydrogen-bond acceptors (Lipinski definition) is 4. The third kappa shape index (κ3) is 4.50. The number of fused-ring (bicyclic) bond motifs is 1. The van der Waals surface area contributed by atoms with Crippen LogP contribution in [0.15, 0.2) is 72.2 Å². The Kier molecular flexibility index (Phi) is 6.06. The number of guanidine groups is 1. The first kappa shape index (κ1) is 20.1. The molecule has 0 bridgehead atoms. The quantitative estimate of drug-likeness (QED) is 0.327. The van der Waals surface area contributed by atoms with Crippen LogP contribution in [0.4, 0.5) is 4.39 Å². The number of aliphatic imine (C=N–C) groups is 1. The van der Waals surface area contributed by atoms with Crippen LogP contribution in [-0.4, -0.2) is 34.2 Å². The van der Waals surface area contributed by atoms with Gasteiger partial charge in [-0.2, -0.15) is 0 Å². The maximum Gasteiger partial charge on any atom is 0.191 e. The highest BCUT2D eigenvalue weighted by Gasteiger charge is 2.12. The molecule has 8 heteroatoms. The summed E-state index contributed by atoms with van der Waals surface area (Å²) in [5, 5.41) is 17.9. The maximum atomic E-state index is 14.4. The number of halogens is 1. The molecule has 0 amide bonds. The molecule has 0 saturated carbocycles. The van der Waals surface area contributed by atoms with Gasteiger partial charge >= 0.3 is 0 Å². The molecule has 2 heterocycles. The van der Waals surface area contributed by atoms with Gasteiger partial charge in [0.15, 0.2) is 5.96 Å². The Labute approximate surface area is 177 Å². The van der Waals surface area contributed by atoms with E-state index in [9.17, 15) is 9.50 Å². The maximum absolute atomic E-state index is 14.4. The van der Waals surface area contributed by atoms with Crippen LogP contribution in [0.1, 0.15) is 16.5 Å². The zero-order valence-corrected chi connectivity index (χ0v) is 17.2. The van der Waals surface area contributed by atoms with Crippen molar-refractivity contribution in [3.05, 3.63) is 83.5 Å². The minimum Gasteiger partial charge on any atom is -0.386 e. The Bertz CT molecular complexity index is 1120. The molecule has 3 N–H and O–H groups in total. The molecule has 0 radical (unpaired) electrons. The van der Waals surface area contributed by atoms with Crippen LogP contribution >= 0.6 is 11.3 Å². The van der Waals surface area contributed by atoms with E-state index in [2.05, 4.69) is 20.6 Å². The van der Waals surface area contributed by atoms with Crippen molar-refractivity contribution in [2.45, 2.75) is 12.6 Å². The number of benzene rings is 2. The van der Waals surface area contributed by atoms with E-state index in [1.165, 1.54) is 6.07 Å². The van der Waals surface area contributed by atoms with Crippen molar-refractivity contribution < 1.29 is 9.50 Å². The average Bonchev–Trinajstić information content (AvgIpc) is 3.43. The summed E-state index contributed by atoms with van der Waals surface area (Å²) in [6.07, 6.45) is 4.22. The summed E-state index contributed by atoms with van der Waals surface area (Å²) >= 11 is 1.58. The van der Waals surface area contributed by atoms with Gasteiger partial charge in [0.05, 0.1) is 12.0 Å². The lowest BCUT2D eigenvalue weighted by Gasteiger charge is -2.15. The lowest BCUT2D eigenvalue weighted by molar-refractivity contribution is 0.184. The average molecular weight is 424 g/mol. The first-order valence-corrected chi connectivity index (χ1v) is 10.3. The predicted molar refractivity (Wildman–Crippen MR) is 119 cm³/mol. The highest BCUT2D eigenvalue weighted by atomic mass is 32.1. The second-order valence-corrected chi connectivity index (χ2v) is 7.88. The number of imidazole rings is 1. The highest BCUT2D eigenvalue weighted by molar-refractivity contribution is 7.19. The Morgan fingerprint density at radius 1 is 1.23 bits per heavy atom. The zero-order valence-electron chi connectivity index (χ0n) is 16.4. The van der Waals surface area contributed by atoms with Crippen LogP contribution in [0, 0.1) is 5.82 Å². The van der Waals surface area contributed by atoms with Crippen LogP contribution in [0.25, 0.3) is 15.8 Å². The van der Waals surface area contributed by atoms with Gasteiger partial charge in [-0.05, 0) is 35.2 Å². The van der Waals surface area contributed by atoms with Gasteiger partial charge in [0, 0.05) is 42.1 Å². The van der Waals surface area contributed by atoms with Crippen molar-refractivity contribution in [3.63, 3.8) is 0 Å². The van der Waals surface area contributed by atoms with Crippen molar-refractivity contribution in [1.82, 2.24) is 20.2 Å². The molecule has 6 nitrogen and oxygen atoms in total. The molecule has 0 aliphatic rings. The number of nitrogens with zero attached hydrogens (tertiary/aromatic N) is 3. The first-order valence-electron chi connectivity index (χ1n) is 9.52.